The summed E-state index contributed by atoms with van der Waals surface area (Å²) in [6, 6.07) is 9.06. The summed E-state index contributed by atoms with van der Waals surface area (Å²) in [4.78, 5) is 26.1. The molecule has 3 aliphatic heterocycles. The van der Waals surface area contributed by atoms with Crippen LogP contribution < -0.4 is 0 Å². The molecule has 2 fully saturated rings. The van der Waals surface area contributed by atoms with Crippen LogP contribution in [-0.2, 0) is 14.3 Å². The molecule has 0 unspecified atom stereocenters. The number of carbonyl (C=O) groups is 2. The number of ether oxygens (including phenoxy) is 1. The second-order valence-corrected chi connectivity index (χ2v) is 5.72. The number of aliphatic hydroxyl groups excluding tert-OH is 1. The van der Waals surface area contributed by atoms with Gasteiger partial charge in [-0.05, 0) is 5.56 Å². The van der Waals surface area contributed by atoms with Crippen LogP contribution >= 0.6 is 0 Å². The van der Waals surface area contributed by atoms with Crippen LogP contribution in [0.3, 0.4) is 0 Å². The van der Waals surface area contributed by atoms with Gasteiger partial charge in [0.05, 0.1) is 36.7 Å². The fraction of sp³-hybridized carbons (Fsp3) is 0.375. The Labute approximate surface area is 121 Å². The average molecular weight is 285 g/mol. The van der Waals surface area contributed by atoms with Crippen molar-refractivity contribution in [3.8, 4) is 0 Å². The predicted molar refractivity (Wildman–Crippen MR) is 72.9 cm³/mol. The van der Waals surface area contributed by atoms with E-state index in [1.807, 2.05) is 30.4 Å². The van der Waals surface area contributed by atoms with Crippen LogP contribution in [0.1, 0.15) is 11.7 Å². The summed E-state index contributed by atoms with van der Waals surface area (Å²) in [5, 5.41) is 10.2. The Morgan fingerprint density at radius 3 is 2.19 bits per heavy atom. The summed E-state index contributed by atoms with van der Waals surface area (Å²) in [5.74, 6) is -1.26. The fourth-order valence-corrected chi connectivity index (χ4v) is 3.50. The maximum Gasteiger partial charge on any atom is 0.236 e. The van der Waals surface area contributed by atoms with Crippen LogP contribution in [0.25, 0.3) is 0 Å². The van der Waals surface area contributed by atoms with Crippen molar-refractivity contribution in [1.82, 2.24) is 4.90 Å². The molecule has 3 heterocycles. The number of carbonyl (C=O) groups excluding carboxylic acids is 2. The zero-order chi connectivity index (χ0) is 14.6. The van der Waals surface area contributed by atoms with Crippen LogP contribution in [0.4, 0.5) is 0 Å². The zero-order valence-electron chi connectivity index (χ0n) is 11.3. The molecule has 108 valence electrons. The molecular formula is C16H15NO4. The van der Waals surface area contributed by atoms with E-state index in [2.05, 4.69) is 0 Å². The summed E-state index contributed by atoms with van der Waals surface area (Å²) < 4.78 is 5.58. The Morgan fingerprint density at radius 2 is 1.62 bits per heavy atom. The molecule has 1 aromatic rings. The lowest BCUT2D eigenvalue weighted by atomic mass is 9.85. The Balaban J connectivity index is 1.55. The maximum atomic E-state index is 12.4. The fourth-order valence-electron chi connectivity index (χ4n) is 3.50. The Morgan fingerprint density at radius 1 is 1.05 bits per heavy atom. The van der Waals surface area contributed by atoms with Crippen LogP contribution in [-0.4, -0.2) is 40.6 Å². The molecule has 2 saturated heterocycles. The number of fused-ring (bicyclic) bond motifs is 5. The highest BCUT2D eigenvalue weighted by atomic mass is 16.5. The molecule has 0 radical (unpaired) electrons. The normalized spacial score (nSPS) is 34.6. The van der Waals surface area contributed by atoms with E-state index in [1.54, 1.807) is 12.1 Å². The number of hydrogen-bond donors (Lipinski definition) is 1. The Bertz CT molecular complexity index is 596. The molecule has 3 aliphatic rings. The Kier molecular flexibility index (Phi) is 2.74. The third kappa shape index (κ3) is 1.78. The standard InChI is InChI=1S/C16H15NO4/c18-10(9-4-2-1-3-5-9)8-17-15(19)13-11-6-7-12(21-11)14(13)16(17)20/h1-7,10-14,18H,8H2/t10-,11+,12+,13+,14+/m0/s1. The SMILES string of the molecule is O=C1[C@H]2[C@H](C(=O)N1C[C@H](O)c1ccccc1)[C@H]1C=C[C@H]2O1. The molecule has 2 bridgehead atoms. The van der Waals surface area contributed by atoms with E-state index in [9.17, 15) is 14.7 Å². The van der Waals surface area contributed by atoms with Gasteiger partial charge in [-0.2, -0.15) is 0 Å². The van der Waals surface area contributed by atoms with Crippen molar-refractivity contribution < 1.29 is 19.4 Å². The molecule has 0 saturated carbocycles. The predicted octanol–water partition coefficient (Wildman–Crippen LogP) is 0.658. The molecule has 0 spiro atoms. The number of aliphatic hydroxyl groups is 1. The lowest BCUT2D eigenvalue weighted by molar-refractivity contribution is -0.144. The molecule has 0 aromatic heterocycles. The van der Waals surface area contributed by atoms with Crippen molar-refractivity contribution in [2.45, 2.75) is 18.3 Å². The minimum absolute atomic E-state index is 0.00806. The molecule has 21 heavy (non-hydrogen) atoms. The highest BCUT2D eigenvalue weighted by Gasteiger charge is 2.60. The van der Waals surface area contributed by atoms with Gasteiger partial charge in [0, 0.05) is 0 Å². The van der Waals surface area contributed by atoms with Crippen LogP contribution in [0.5, 0.6) is 0 Å². The quantitative estimate of drug-likeness (QED) is 0.654. The van der Waals surface area contributed by atoms with Gasteiger partial charge in [0.1, 0.15) is 0 Å². The molecule has 2 amide bonds. The first kappa shape index (κ1) is 12.7. The van der Waals surface area contributed by atoms with Gasteiger partial charge in [-0.15, -0.1) is 0 Å². The monoisotopic (exact) mass is 285 g/mol. The van der Waals surface area contributed by atoms with Gasteiger partial charge in [-0.3, -0.25) is 14.5 Å². The van der Waals surface area contributed by atoms with Gasteiger partial charge < -0.3 is 9.84 Å². The van der Waals surface area contributed by atoms with E-state index in [0.717, 1.165) is 0 Å². The van der Waals surface area contributed by atoms with Crippen molar-refractivity contribution in [2.75, 3.05) is 6.54 Å². The summed E-state index contributed by atoms with van der Waals surface area (Å²) in [5.41, 5.74) is 0.701. The number of rotatable bonds is 3. The number of hydrogen-bond acceptors (Lipinski definition) is 4. The molecule has 5 heteroatoms. The van der Waals surface area contributed by atoms with Gasteiger partial charge in [0.2, 0.25) is 11.8 Å². The van der Waals surface area contributed by atoms with E-state index in [0.29, 0.717) is 5.56 Å². The maximum absolute atomic E-state index is 12.4. The summed E-state index contributed by atoms with van der Waals surface area (Å²) in [7, 11) is 0. The smallest absolute Gasteiger partial charge is 0.236 e. The first-order valence-electron chi connectivity index (χ1n) is 7.09. The third-order valence-corrected chi connectivity index (χ3v) is 4.54. The van der Waals surface area contributed by atoms with Gasteiger partial charge in [0.25, 0.3) is 0 Å². The van der Waals surface area contributed by atoms with Gasteiger partial charge in [-0.1, -0.05) is 42.5 Å². The first-order valence-corrected chi connectivity index (χ1v) is 7.09. The summed E-state index contributed by atoms with van der Waals surface area (Å²) in [6.07, 6.45) is 2.29. The van der Waals surface area contributed by atoms with Crippen molar-refractivity contribution in [1.29, 1.82) is 0 Å². The molecule has 0 aliphatic carbocycles. The third-order valence-electron chi connectivity index (χ3n) is 4.54. The molecule has 1 N–H and O–H groups in total. The van der Waals surface area contributed by atoms with Gasteiger partial charge >= 0.3 is 0 Å². The van der Waals surface area contributed by atoms with Gasteiger partial charge in [-0.25, -0.2) is 0 Å². The first-order chi connectivity index (χ1) is 10.2. The molecule has 1 aromatic carbocycles. The summed E-state index contributed by atoms with van der Waals surface area (Å²) in [6.45, 7) is 0.00806. The second-order valence-electron chi connectivity index (χ2n) is 5.72. The van der Waals surface area contributed by atoms with Crippen molar-refractivity contribution in [2.24, 2.45) is 11.8 Å². The Hall–Kier alpha value is -1.98. The van der Waals surface area contributed by atoms with E-state index in [1.165, 1.54) is 4.90 Å². The van der Waals surface area contributed by atoms with Crippen LogP contribution in [0.15, 0.2) is 42.5 Å². The molecular weight excluding hydrogens is 270 g/mol. The van der Waals surface area contributed by atoms with Crippen LogP contribution in [0.2, 0.25) is 0 Å². The average Bonchev–Trinajstić information content (AvgIpc) is 3.18. The number of benzene rings is 1. The van der Waals surface area contributed by atoms with E-state index in [4.69, 9.17) is 4.74 Å². The number of likely N-dealkylation sites (tertiary alicyclic amines) is 1. The van der Waals surface area contributed by atoms with Crippen molar-refractivity contribution in [3.63, 3.8) is 0 Å². The molecule has 5 nitrogen and oxygen atoms in total. The van der Waals surface area contributed by atoms with E-state index >= 15 is 0 Å². The second kappa shape index (κ2) is 4.51. The lowest BCUT2D eigenvalue weighted by Gasteiger charge is -2.21. The molecule has 4 rings (SSSR count). The number of amides is 2. The van der Waals surface area contributed by atoms with Crippen LogP contribution in [0, 0.1) is 11.8 Å². The van der Waals surface area contributed by atoms with Crippen molar-refractivity contribution in [3.05, 3.63) is 48.0 Å². The largest absolute Gasteiger partial charge is 0.387 e. The topological polar surface area (TPSA) is 66.8 Å². The highest BCUT2D eigenvalue weighted by molar-refractivity contribution is 6.06. The number of β-amino-alcohol motifs (C(OH)–C–C–N with tert-alkyl or cyclic N) is 1. The van der Waals surface area contributed by atoms with E-state index < -0.39 is 17.9 Å². The minimum Gasteiger partial charge on any atom is -0.387 e. The molecule has 5 atom stereocenters. The number of imide groups is 1. The number of nitrogens with zero attached hydrogens (tertiary/aromatic N) is 1. The van der Waals surface area contributed by atoms with Gasteiger partial charge in [0.15, 0.2) is 0 Å². The lowest BCUT2D eigenvalue weighted by Crippen LogP contribution is -2.37. The summed E-state index contributed by atoms with van der Waals surface area (Å²) >= 11 is 0. The minimum atomic E-state index is -0.857. The zero-order valence-corrected chi connectivity index (χ0v) is 11.3. The van der Waals surface area contributed by atoms with E-state index in [-0.39, 0.29) is 30.6 Å². The van der Waals surface area contributed by atoms with Crippen molar-refractivity contribution >= 4 is 11.8 Å². The highest BCUT2D eigenvalue weighted by Crippen LogP contribution is 2.45.